The van der Waals surface area contributed by atoms with Gasteiger partial charge in [-0.2, -0.15) is 0 Å². The number of rotatable bonds is 5. The van der Waals surface area contributed by atoms with Crippen LogP contribution in [0, 0.1) is 6.92 Å². The molecule has 24 heavy (non-hydrogen) atoms. The van der Waals surface area contributed by atoms with E-state index in [0.29, 0.717) is 12.1 Å². The van der Waals surface area contributed by atoms with Gasteiger partial charge >= 0.3 is 0 Å². The number of aryl methyl sites for hydroxylation is 2. The van der Waals surface area contributed by atoms with E-state index in [-0.39, 0.29) is 11.5 Å². The molecule has 7 heteroatoms. The van der Waals surface area contributed by atoms with Crippen LogP contribution in [-0.2, 0) is 13.5 Å². The molecule has 0 saturated heterocycles. The van der Waals surface area contributed by atoms with Crippen LogP contribution in [0.15, 0.2) is 40.6 Å². The number of thiazole rings is 1. The molecule has 0 atom stereocenters. The molecule has 3 aromatic heterocycles. The molecule has 0 unspecified atom stereocenters. The molecule has 0 aliphatic carbocycles. The smallest absolute Gasteiger partial charge is 0.252 e. The fraction of sp³-hybridized carbons (Fsp3) is 0.235. The average Bonchev–Trinajstić information content (AvgIpc) is 3.19. The minimum Gasteiger partial charge on any atom is -0.352 e. The second-order valence-electron chi connectivity index (χ2n) is 5.39. The van der Waals surface area contributed by atoms with Crippen LogP contribution in [-0.4, -0.2) is 22.0 Å². The molecule has 1 N–H and O–H groups in total. The van der Waals surface area contributed by atoms with E-state index >= 15 is 0 Å². The second-order valence-corrected chi connectivity index (χ2v) is 7.62. The Morgan fingerprint density at radius 1 is 1.29 bits per heavy atom. The van der Waals surface area contributed by atoms with Gasteiger partial charge in [-0.05, 0) is 31.5 Å². The third-order valence-electron chi connectivity index (χ3n) is 3.54. The van der Waals surface area contributed by atoms with E-state index in [9.17, 15) is 9.59 Å². The average molecular weight is 359 g/mol. The molecule has 0 fully saturated rings. The minimum absolute atomic E-state index is 0.130. The summed E-state index contributed by atoms with van der Waals surface area (Å²) in [7, 11) is 1.63. The van der Waals surface area contributed by atoms with Crippen molar-refractivity contribution in [1.82, 2.24) is 14.9 Å². The zero-order valence-electron chi connectivity index (χ0n) is 13.4. The lowest BCUT2D eigenvalue weighted by Crippen LogP contribution is -2.27. The summed E-state index contributed by atoms with van der Waals surface area (Å²) in [6.07, 6.45) is 2.32. The van der Waals surface area contributed by atoms with E-state index in [4.69, 9.17) is 0 Å². The number of hydrogen-bond donors (Lipinski definition) is 1. The Bertz CT molecular complexity index is 924. The van der Waals surface area contributed by atoms with E-state index in [0.717, 1.165) is 22.0 Å². The van der Waals surface area contributed by atoms with Crippen LogP contribution < -0.4 is 10.9 Å². The Balaban J connectivity index is 1.56. The first kappa shape index (κ1) is 16.6. The lowest BCUT2D eigenvalue weighted by atomic mass is 10.2. The SMILES string of the molecule is Cc1nc(-c2ccc(CCNC(=O)c3ccc(=O)n(C)c3)s2)cs1. The van der Waals surface area contributed by atoms with Crippen molar-refractivity contribution in [1.29, 1.82) is 0 Å². The molecule has 1 amide bonds. The van der Waals surface area contributed by atoms with Crippen molar-refractivity contribution in [2.75, 3.05) is 6.54 Å². The van der Waals surface area contributed by atoms with Crippen molar-refractivity contribution in [2.45, 2.75) is 13.3 Å². The molecule has 0 spiro atoms. The zero-order chi connectivity index (χ0) is 17.1. The van der Waals surface area contributed by atoms with Gasteiger partial charge in [-0.1, -0.05) is 0 Å². The van der Waals surface area contributed by atoms with Gasteiger partial charge in [0.25, 0.3) is 5.91 Å². The number of amides is 1. The molecule has 0 saturated carbocycles. The standard InChI is InChI=1S/C17H17N3O2S2/c1-11-19-14(10-23-11)15-5-4-13(24-15)7-8-18-17(22)12-3-6-16(21)20(2)9-12/h3-6,9-10H,7-8H2,1-2H3,(H,18,22). The van der Waals surface area contributed by atoms with Gasteiger partial charge in [-0.25, -0.2) is 4.98 Å². The number of carbonyl (C=O) groups excluding carboxylic acids is 1. The number of aromatic nitrogens is 2. The van der Waals surface area contributed by atoms with E-state index in [1.165, 1.54) is 15.5 Å². The number of nitrogens with zero attached hydrogens (tertiary/aromatic N) is 2. The van der Waals surface area contributed by atoms with Crippen LogP contribution in [0.25, 0.3) is 10.6 Å². The molecule has 0 aromatic carbocycles. The lowest BCUT2D eigenvalue weighted by molar-refractivity contribution is 0.0953. The first-order valence-corrected chi connectivity index (χ1v) is 9.18. The van der Waals surface area contributed by atoms with Crippen molar-refractivity contribution in [3.63, 3.8) is 0 Å². The molecule has 3 rings (SSSR count). The van der Waals surface area contributed by atoms with Crippen LogP contribution in [0.2, 0.25) is 0 Å². The second kappa shape index (κ2) is 7.11. The van der Waals surface area contributed by atoms with Crippen LogP contribution in [0.5, 0.6) is 0 Å². The number of nitrogens with one attached hydrogen (secondary N) is 1. The fourth-order valence-electron chi connectivity index (χ4n) is 2.26. The summed E-state index contributed by atoms with van der Waals surface area (Å²) in [5.41, 5.74) is 1.37. The third kappa shape index (κ3) is 3.80. The van der Waals surface area contributed by atoms with E-state index < -0.39 is 0 Å². The first-order chi connectivity index (χ1) is 11.5. The van der Waals surface area contributed by atoms with E-state index in [1.54, 1.807) is 42.0 Å². The normalized spacial score (nSPS) is 10.8. The minimum atomic E-state index is -0.169. The highest BCUT2D eigenvalue weighted by molar-refractivity contribution is 7.16. The third-order valence-corrected chi connectivity index (χ3v) is 5.48. The Labute approximate surface area is 147 Å². The van der Waals surface area contributed by atoms with Gasteiger partial charge in [0.15, 0.2) is 0 Å². The molecular formula is C17H17N3O2S2. The maximum atomic E-state index is 12.1. The summed E-state index contributed by atoms with van der Waals surface area (Å²) in [5, 5.41) is 6.01. The Hall–Kier alpha value is -2.25. The summed E-state index contributed by atoms with van der Waals surface area (Å²) in [5.74, 6) is -0.169. The molecule has 0 radical (unpaired) electrons. The summed E-state index contributed by atoms with van der Waals surface area (Å²) in [6.45, 7) is 2.55. The van der Waals surface area contributed by atoms with Crippen molar-refractivity contribution in [3.05, 3.63) is 61.6 Å². The quantitative estimate of drug-likeness (QED) is 0.762. The topological polar surface area (TPSA) is 64.0 Å². The van der Waals surface area contributed by atoms with Gasteiger partial charge in [0.1, 0.15) is 0 Å². The summed E-state index contributed by atoms with van der Waals surface area (Å²) >= 11 is 3.34. The summed E-state index contributed by atoms with van der Waals surface area (Å²) < 4.78 is 1.40. The van der Waals surface area contributed by atoms with Gasteiger partial charge in [0, 0.05) is 36.1 Å². The first-order valence-electron chi connectivity index (χ1n) is 7.49. The van der Waals surface area contributed by atoms with E-state index in [1.807, 2.05) is 6.92 Å². The highest BCUT2D eigenvalue weighted by atomic mass is 32.1. The van der Waals surface area contributed by atoms with Crippen molar-refractivity contribution in [3.8, 4) is 10.6 Å². The zero-order valence-corrected chi connectivity index (χ0v) is 15.0. The van der Waals surface area contributed by atoms with Crippen molar-refractivity contribution < 1.29 is 4.79 Å². The largest absolute Gasteiger partial charge is 0.352 e. The Kier molecular flexibility index (Phi) is 4.92. The monoisotopic (exact) mass is 359 g/mol. The highest BCUT2D eigenvalue weighted by Crippen LogP contribution is 2.29. The molecule has 0 bridgehead atoms. The maximum absolute atomic E-state index is 12.1. The Morgan fingerprint density at radius 3 is 2.83 bits per heavy atom. The van der Waals surface area contributed by atoms with Gasteiger partial charge in [-0.15, -0.1) is 22.7 Å². The highest BCUT2D eigenvalue weighted by Gasteiger charge is 2.08. The van der Waals surface area contributed by atoms with Gasteiger partial charge in [0.2, 0.25) is 5.56 Å². The van der Waals surface area contributed by atoms with E-state index in [2.05, 4.69) is 27.8 Å². The van der Waals surface area contributed by atoms with Crippen LogP contribution in [0.1, 0.15) is 20.2 Å². The molecule has 5 nitrogen and oxygen atoms in total. The van der Waals surface area contributed by atoms with Crippen LogP contribution >= 0.6 is 22.7 Å². The number of carbonyl (C=O) groups is 1. The van der Waals surface area contributed by atoms with Gasteiger partial charge < -0.3 is 9.88 Å². The number of thiophene rings is 1. The summed E-state index contributed by atoms with van der Waals surface area (Å²) in [4.78, 5) is 30.3. The molecule has 3 heterocycles. The molecule has 0 aliphatic rings. The molecule has 3 aromatic rings. The summed E-state index contributed by atoms with van der Waals surface area (Å²) in [6, 6.07) is 7.10. The fourth-order valence-corrected chi connectivity index (χ4v) is 3.91. The number of pyridine rings is 1. The van der Waals surface area contributed by atoms with Crippen LogP contribution in [0.4, 0.5) is 0 Å². The van der Waals surface area contributed by atoms with Gasteiger partial charge in [0.05, 0.1) is 21.1 Å². The predicted octanol–water partition coefficient (Wildman–Crippen LogP) is 2.85. The maximum Gasteiger partial charge on any atom is 0.252 e. The molecule has 124 valence electrons. The van der Waals surface area contributed by atoms with Crippen molar-refractivity contribution >= 4 is 28.6 Å². The molecule has 0 aliphatic heterocycles. The predicted molar refractivity (Wildman–Crippen MR) is 97.9 cm³/mol. The number of hydrogen-bond acceptors (Lipinski definition) is 5. The Morgan fingerprint density at radius 2 is 2.12 bits per heavy atom. The van der Waals surface area contributed by atoms with Gasteiger partial charge in [-0.3, -0.25) is 9.59 Å². The lowest BCUT2D eigenvalue weighted by Gasteiger charge is -2.05. The molecular weight excluding hydrogens is 342 g/mol. The van der Waals surface area contributed by atoms with Crippen molar-refractivity contribution in [2.24, 2.45) is 7.05 Å². The van der Waals surface area contributed by atoms with Crippen LogP contribution in [0.3, 0.4) is 0 Å².